The van der Waals surface area contributed by atoms with E-state index in [0.717, 1.165) is 16.5 Å². The fraction of sp³-hybridized carbons (Fsp3) is 0.312. The zero-order chi connectivity index (χ0) is 15.5. The third kappa shape index (κ3) is 2.92. The molecule has 6 heteroatoms. The van der Waals surface area contributed by atoms with Crippen LogP contribution in [0.4, 0.5) is 0 Å². The molecule has 0 radical (unpaired) electrons. The second kappa shape index (κ2) is 6.36. The molecule has 5 nitrogen and oxygen atoms in total. The van der Waals surface area contributed by atoms with Crippen LogP contribution in [-0.2, 0) is 9.59 Å². The van der Waals surface area contributed by atoms with Gasteiger partial charge >= 0.3 is 0 Å². The zero-order valence-electron chi connectivity index (χ0n) is 12.3. The Labute approximate surface area is 133 Å². The van der Waals surface area contributed by atoms with Gasteiger partial charge in [0.1, 0.15) is 5.37 Å². The summed E-state index contributed by atoms with van der Waals surface area (Å²) in [5.41, 5.74) is 2.03. The van der Waals surface area contributed by atoms with Gasteiger partial charge in [-0.1, -0.05) is 18.2 Å². The summed E-state index contributed by atoms with van der Waals surface area (Å²) in [6.07, 6.45) is 1.78. The number of nitrogens with zero attached hydrogens (tertiary/aromatic N) is 2. The van der Waals surface area contributed by atoms with E-state index in [9.17, 15) is 9.59 Å². The molecule has 3 rings (SSSR count). The van der Waals surface area contributed by atoms with Crippen molar-refractivity contribution in [1.82, 2.24) is 15.2 Å². The highest BCUT2D eigenvalue weighted by Gasteiger charge is 2.33. The lowest BCUT2D eigenvalue weighted by Gasteiger charge is -2.25. The fourth-order valence-corrected chi connectivity index (χ4v) is 3.89. The average Bonchev–Trinajstić information content (AvgIpc) is 2.87. The zero-order valence-corrected chi connectivity index (χ0v) is 13.1. The summed E-state index contributed by atoms with van der Waals surface area (Å²) in [5.74, 6) is 0.507. The van der Waals surface area contributed by atoms with Crippen LogP contribution in [-0.4, -0.2) is 40.5 Å². The number of pyridine rings is 1. The van der Waals surface area contributed by atoms with Crippen LogP contribution >= 0.6 is 11.8 Å². The Hall–Kier alpha value is -2.08. The van der Waals surface area contributed by atoms with Gasteiger partial charge in [0, 0.05) is 31.6 Å². The van der Waals surface area contributed by atoms with Crippen molar-refractivity contribution in [2.45, 2.75) is 12.3 Å². The van der Waals surface area contributed by atoms with E-state index in [0.29, 0.717) is 18.8 Å². The van der Waals surface area contributed by atoms with Gasteiger partial charge in [0.2, 0.25) is 11.8 Å². The molecule has 114 valence electrons. The molecule has 1 aliphatic heterocycles. The highest BCUT2D eigenvalue weighted by molar-refractivity contribution is 8.00. The molecular weight excluding hydrogens is 298 g/mol. The van der Waals surface area contributed by atoms with Gasteiger partial charge in [-0.2, -0.15) is 0 Å². The third-order valence-electron chi connectivity index (χ3n) is 3.64. The van der Waals surface area contributed by atoms with Crippen molar-refractivity contribution in [3.05, 3.63) is 42.1 Å². The summed E-state index contributed by atoms with van der Waals surface area (Å²) in [7, 11) is 0. The quantitative estimate of drug-likeness (QED) is 0.937. The first kappa shape index (κ1) is 14.8. The topological polar surface area (TPSA) is 62.3 Å². The number of benzene rings is 1. The maximum atomic E-state index is 12.1. The highest BCUT2D eigenvalue weighted by Crippen LogP contribution is 2.40. The molecule has 1 aliphatic rings. The van der Waals surface area contributed by atoms with Crippen molar-refractivity contribution in [1.29, 1.82) is 0 Å². The van der Waals surface area contributed by atoms with Crippen LogP contribution in [0.25, 0.3) is 10.9 Å². The van der Waals surface area contributed by atoms with Crippen molar-refractivity contribution >= 4 is 34.5 Å². The molecule has 1 saturated heterocycles. The SMILES string of the molecule is CC(=O)NCCN1C(=O)CSC1c1ccnc2ccccc12. The number of hydrogen-bond donors (Lipinski definition) is 1. The first-order valence-electron chi connectivity index (χ1n) is 7.16. The predicted molar refractivity (Wildman–Crippen MR) is 87.3 cm³/mol. The normalized spacial score (nSPS) is 18.0. The lowest BCUT2D eigenvalue weighted by Crippen LogP contribution is -2.36. The number of aromatic nitrogens is 1. The standard InChI is InChI=1S/C16H17N3O2S/c1-11(20)17-8-9-19-15(21)10-22-16(19)13-6-7-18-14-5-3-2-4-12(13)14/h2-7,16H,8-10H2,1H3,(H,17,20). The second-order valence-corrected chi connectivity index (χ2v) is 6.22. The van der Waals surface area contributed by atoms with Gasteiger partial charge in [0.25, 0.3) is 0 Å². The number of thioether (sulfide) groups is 1. The molecule has 0 bridgehead atoms. The van der Waals surface area contributed by atoms with Crippen molar-refractivity contribution in [3.63, 3.8) is 0 Å². The Kier molecular flexibility index (Phi) is 4.29. The summed E-state index contributed by atoms with van der Waals surface area (Å²) in [6.45, 7) is 2.47. The number of amides is 2. The van der Waals surface area contributed by atoms with Crippen molar-refractivity contribution in [3.8, 4) is 0 Å². The third-order valence-corrected chi connectivity index (χ3v) is 4.88. The molecule has 2 aromatic rings. The Bertz CT molecular complexity index is 714. The fourth-order valence-electron chi connectivity index (χ4n) is 2.64. The second-order valence-electron chi connectivity index (χ2n) is 5.15. The van der Waals surface area contributed by atoms with E-state index in [4.69, 9.17) is 0 Å². The number of rotatable bonds is 4. The molecule has 1 aromatic heterocycles. The molecular formula is C16H17N3O2S. The minimum absolute atomic E-state index is 0.0193. The summed E-state index contributed by atoms with van der Waals surface area (Å²) >= 11 is 1.62. The maximum Gasteiger partial charge on any atom is 0.233 e. The van der Waals surface area contributed by atoms with E-state index in [1.165, 1.54) is 6.92 Å². The number of hydrogen-bond acceptors (Lipinski definition) is 4. The molecule has 0 spiro atoms. The number of fused-ring (bicyclic) bond motifs is 1. The lowest BCUT2D eigenvalue weighted by molar-refractivity contribution is -0.128. The number of para-hydroxylation sites is 1. The van der Waals surface area contributed by atoms with E-state index in [1.807, 2.05) is 35.2 Å². The molecule has 22 heavy (non-hydrogen) atoms. The molecule has 1 unspecified atom stereocenters. The minimum Gasteiger partial charge on any atom is -0.355 e. The van der Waals surface area contributed by atoms with E-state index in [-0.39, 0.29) is 17.2 Å². The summed E-state index contributed by atoms with van der Waals surface area (Å²) in [6, 6.07) is 9.93. The Morgan fingerprint density at radius 3 is 3.05 bits per heavy atom. The molecule has 1 N–H and O–H groups in total. The molecule has 2 amide bonds. The largest absolute Gasteiger partial charge is 0.355 e. The monoisotopic (exact) mass is 315 g/mol. The Morgan fingerprint density at radius 1 is 1.41 bits per heavy atom. The minimum atomic E-state index is -0.0785. The van der Waals surface area contributed by atoms with E-state index < -0.39 is 0 Å². The van der Waals surface area contributed by atoms with Gasteiger partial charge in [-0.25, -0.2) is 0 Å². The molecule has 2 heterocycles. The summed E-state index contributed by atoms with van der Waals surface area (Å²) in [4.78, 5) is 29.4. The van der Waals surface area contributed by atoms with E-state index in [1.54, 1.807) is 18.0 Å². The number of nitrogens with one attached hydrogen (secondary N) is 1. The van der Waals surface area contributed by atoms with Crippen LogP contribution in [0.5, 0.6) is 0 Å². The van der Waals surface area contributed by atoms with Gasteiger partial charge in [0.05, 0.1) is 11.3 Å². The molecule has 0 aliphatic carbocycles. The van der Waals surface area contributed by atoms with Gasteiger partial charge in [0.15, 0.2) is 0 Å². The molecule has 1 fully saturated rings. The van der Waals surface area contributed by atoms with Crippen molar-refractivity contribution < 1.29 is 9.59 Å². The van der Waals surface area contributed by atoms with Crippen LogP contribution in [0.1, 0.15) is 17.9 Å². The van der Waals surface area contributed by atoms with Crippen LogP contribution < -0.4 is 5.32 Å². The smallest absolute Gasteiger partial charge is 0.233 e. The average molecular weight is 315 g/mol. The Morgan fingerprint density at radius 2 is 2.23 bits per heavy atom. The molecule has 0 saturated carbocycles. The number of carbonyl (C=O) groups excluding carboxylic acids is 2. The first-order valence-corrected chi connectivity index (χ1v) is 8.21. The van der Waals surface area contributed by atoms with Crippen molar-refractivity contribution in [2.75, 3.05) is 18.8 Å². The van der Waals surface area contributed by atoms with Gasteiger partial charge in [-0.3, -0.25) is 14.6 Å². The molecule has 1 atom stereocenters. The molecule has 1 aromatic carbocycles. The summed E-state index contributed by atoms with van der Waals surface area (Å²) < 4.78 is 0. The highest BCUT2D eigenvalue weighted by atomic mass is 32.2. The van der Waals surface area contributed by atoms with Gasteiger partial charge in [-0.05, 0) is 17.7 Å². The van der Waals surface area contributed by atoms with Gasteiger partial charge in [-0.15, -0.1) is 11.8 Å². The first-order chi connectivity index (χ1) is 10.7. The van der Waals surface area contributed by atoms with Crippen LogP contribution in [0, 0.1) is 0 Å². The summed E-state index contributed by atoms with van der Waals surface area (Å²) in [5, 5.41) is 3.80. The predicted octanol–water partition coefficient (Wildman–Crippen LogP) is 1.94. The maximum absolute atomic E-state index is 12.1. The number of carbonyl (C=O) groups is 2. The van der Waals surface area contributed by atoms with Crippen LogP contribution in [0.2, 0.25) is 0 Å². The van der Waals surface area contributed by atoms with Gasteiger partial charge < -0.3 is 10.2 Å². The Balaban J connectivity index is 1.88. The van der Waals surface area contributed by atoms with Crippen LogP contribution in [0.3, 0.4) is 0 Å². The lowest BCUT2D eigenvalue weighted by atomic mass is 10.1. The van der Waals surface area contributed by atoms with E-state index >= 15 is 0 Å². The van der Waals surface area contributed by atoms with Crippen molar-refractivity contribution in [2.24, 2.45) is 0 Å². The van der Waals surface area contributed by atoms with Crippen LogP contribution in [0.15, 0.2) is 36.5 Å². The van der Waals surface area contributed by atoms with E-state index in [2.05, 4.69) is 10.3 Å².